The van der Waals surface area contributed by atoms with Crippen LogP contribution in [-0.4, -0.2) is 33.8 Å². The fourth-order valence-electron chi connectivity index (χ4n) is 1.82. The summed E-state index contributed by atoms with van der Waals surface area (Å²) in [5.74, 6) is 0.524. The first kappa shape index (κ1) is 13.4. The smallest absolute Gasteiger partial charge is 0.325 e. The minimum Gasteiger partial charge on any atom is -0.494 e. The van der Waals surface area contributed by atoms with Crippen LogP contribution in [0.4, 0.5) is 5.69 Å². The van der Waals surface area contributed by atoms with Crippen molar-refractivity contribution in [3.63, 3.8) is 0 Å². The Balaban J connectivity index is 3.07. The fraction of sp³-hybridized carbons (Fsp3) is 0.462. The topological polar surface area (TPSA) is 38.8 Å². The lowest BCUT2D eigenvalue weighted by atomic mass is 10.1. The van der Waals surface area contributed by atoms with Gasteiger partial charge in [-0.2, -0.15) is 0 Å². The fourth-order valence-corrected chi connectivity index (χ4v) is 1.82. The number of hydrogen-bond donors (Lipinski definition) is 0. The minimum absolute atomic E-state index is 0.204. The van der Waals surface area contributed by atoms with Crippen LogP contribution < -0.4 is 9.64 Å². The molecule has 0 radical (unpaired) electrons. The van der Waals surface area contributed by atoms with Gasteiger partial charge in [0, 0.05) is 7.05 Å². The van der Waals surface area contributed by atoms with Gasteiger partial charge < -0.3 is 14.4 Å². The molecule has 0 aliphatic carbocycles. The number of rotatable bonds is 4. The molecule has 0 saturated heterocycles. The highest BCUT2D eigenvalue weighted by atomic mass is 16.5. The molecule has 4 nitrogen and oxygen atoms in total. The Labute approximate surface area is 102 Å². The molecule has 0 fully saturated rings. The van der Waals surface area contributed by atoms with E-state index in [0.717, 1.165) is 22.6 Å². The number of carbonyl (C=O) groups excluding carboxylic acids is 1. The van der Waals surface area contributed by atoms with Crippen LogP contribution >= 0.6 is 0 Å². The lowest BCUT2D eigenvalue weighted by Crippen LogP contribution is -2.27. The third-order valence-electron chi connectivity index (χ3n) is 2.61. The molecule has 0 aliphatic rings. The van der Waals surface area contributed by atoms with Gasteiger partial charge in [-0.25, -0.2) is 0 Å². The molecule has 1 aromatic rings. The normalized spacial score (nSPS) is 9.94. The van der Waals surface area contributed by atoms with Crippen LogP contribution in [0.15, 0.2) is 12.1 Å². The van der Waals surface area contributed by atoms with E-state index in [0.29, 0.717) is 0 Å². The molecule has 1 rings (SSSR count). The molecule has 4 heteroatoms. The Morgan fingerprint density at radius 1 is 1.29 bits per heavy atom. The van der Waals surface area contributed by atoms with E-state index in [1.54, 1.807) is 7.11 Å². The maximum absolute atomic E-state index is 11.3. The van der Waals surface area contributed by atoms with Crippen LogP contribution in [0.5, 0.6) is 5.75 Å². The quantitative estimate of drug-likeness (QED) is 0.750. The molecular formula is C13H19NO3. The highest BCUT2D eigenvalue weighted by Gasteiger charge is 2.14. The number of carbonyl (C=O) groups is 1. The molecular weight excluding hydrogens is 218 g/mol. The number of nitrogens with zero attached hydrogens (tertiary/aromatic N) is 1. The van der Waals surface area contributed by atoms with Gasteiger partial charge in [-0.15, -0.1) is 0 Å². The molecule has 0 bridgehead atoms. The van der Waals surface area contributed by atoms with Crippen molar-refractivity contribution in [3.05, 3.63) is 23.3 Å². The van der Waals surface area contributed by atoms with Gasteiger partial charge in [0.2, 0.25) is 0 Å². The van der Waals surface area contributed by atoms with Gasteiger partial charge in [-0.05, 0) is 31.0 Å². The van der Waals surface area contributed by atoms with Gasteiger partial charge in [0.1, 0.15) is 12.3 Å². The van der Waals surface area contributed by atoms with Crippen molar-refractivity contribution >= 4 is 11.7 Å². The molecule has 0 unspecified atom stereocenters. The number of likely N-dealkylation sites (N-methyl/N-ethyl adjacent to an activating group) is 1. The third-order valence-corrected chi connectivity index (χ3v) is 2.61. The Morgan fingerprint density at radius 2 is 1.94 bits per heavy atom. The van der Waals surface area contributed by atoms with Crippen LogP contribution in [0.1, 0.15) is 11.1 Å². The van der Waals surface area contributed by atoms with Crippen LogP contribution in [0, 0.1) is 13.8 Å². The van der Waals surface area contributed by atoms with E-state index in [1.165, 1.54) is 7.11 Å². The van der Waals surface area contributed by atoms with E-state index in [-0.39, 0.29) is 12.5 Å². The van der Waals surface area contributed by atoms with Crippen molar-refractivity contribution in [1.82, 2.24) is 0 Å². The maximum atomic E-state index is 11.3. The summed E-state index contributed by atoms with van der Waals surface area (Å²) in [5.41, 5.74) is 3.09. The van der Waals surface area contributed by atoms with E-state index in [9.17, 15) is 4.79 Å². The zero-order valence-corrected chi connectivity index (χ0v) is 11.0. The number of ether oxygens (including phenoxy) is 2. The van der Waals surface area contributed by atoms with E-state index in [2.05, 4.69) is 4.74 Å². The Bertz CT molecular complexity index is 415. The second-order valence-electron chi connectivity index (χ2n) is 4.07. The third kappa shape index (κ3) is 3.12. The van der Waals surface area contributed by atoms with Gasteiger partial charge >= 0.3 is 5.97 Å². The number of hydrogen-bond acceptors (Lipinski definition) is 4. The molecule has 0 aliphatic heterocycles. The van der Waals surface area contributed by atoms with E-state index < -0.39 is 0 Å². The molecule has 0 amide bonds. The monoisotopic (exact) mass is 237 g/mol. The van der Waals surface area contributed by atoms with E-state index in [1.807, 2.05) is 37.9 Å². The molecule has 17 heavy (non-hydrogen) atoms. The van der Waals surface area contributed by atoms with Gasteiger partial charge in [0.15, 0.2) is 0 Å². The Morgan fingerprint density at radius 3 is 2.47 bits per heavy atom. The average molecular weight is 237 g/mol. The molecule has 0 atom stereocenters. The zero-order chi connectivity index (χ0) is 13.0. The summed E-state index contributed by atoms with van der Waals surface area (Å²) >= 11 is 0. The lowest BCUT2D eigenvalue weighted by Gasteiger charge is -2.22. The maximum Gasteiger partial charge on any atom is 0.325 e. The van der Waals surface area contributed by atoms with Gasteiger partial charge in [0.05, 0.1) is 19.9 Å². The van der Waals surface area contributed by atoms with Crippen LogP contribution in [0.2, 0.25) is 0 Å². The number of esters is 1. The largest absolute Gasteiger partial charge is 0.494 e. The molecule has 0 aromatic heterocycles. The van der Waals surface area contributed by atoms with Crippen LogP contribution in [-0.2, 0) is 9.53 Å². The molecule has 0 saturated carbocycles. The van der Waals surface area contributed by atoms with Crippen molar-refractivity contribution in [2.24, 2.45) is 0 Å². The highest BCUT2D eigenvalue weighted by Crippen LogP contribution is 2.32. The average Bonchev–Trinajstić information content (AvgIpc) is 2.27. The summed E-state index contributed by atoms with van der Waals surface area (Å²) in [6, 6.07) is 4.04. The molecule has 0 spiro atoms. The standard InChI is InChI=1S/C13H19NO3/c1-9-6-10(2)13(17-5)11(7-9)14(3)8-12(15)16-4/h6-7H,8H2,1-5H3. The number of methoxy groups -OCH3 is 2. The predicted octanol–water partition coefficient (Wildman–Crippen LogP) is 1.92. The van der Waals surface area contributed by atoms with Crippen molar-refractivity contribution in [2.75, 3.05) is 32.7 Å². The number of anilines is 1. The summed E-state index contributed by atoms with van der Waals surface area (Å²) in [5, 5.41) is 0. The Hall–Kier alpha value is -1.71. The van der Waals surface area contributed by atoms with E-state index in [4.69, 9.17) is 4.74 Å². The number of benzene rings is 1. The Kier molecular flexibility index (Phi) is 4.37. The van der Waals surface area contributed by atoms with E-state index >= 15 is 0 Å². The minimum atomic E-state index is -0.270. The molecule has 1 aromatic carbocycles. The SMILES string of the molecule is COC(=O)CN(C)c1cc(C)cc(C)c1OC. The first-order chi connectivity index (χ1) is 7.99. The zero-order valence-electron chi connectivity index (χ0n) is 11.0. The molecule has 0 heterocycles. The van der Waals surface area contributed by atoms with Gasteiger partial charge in [-0.3, -0.25) is 4.79 Å². The first-order valence-corrected chi connectivity index (χ1v) is 5.42. The highest BCUT2D eigenvalue weighted by molar-refractivity contribution is 5.77. The summed E-state index contributed by atoms with van der Waals surface area (Å²) in [6.07, 6.45) is 0. The van der Waals surface area contributed by atoms with Crippen LogP contribution in [0.3, 0.4) is 0 Å². The summed E-state index contributed by atoms with van der Waals surface area (Å²) in [7, 11) is 4.86. The summed E-state index contributed by atoms with van der Waals surface area (Å²) in [6.45, 7) is 4.21. The lowest BCUT2D eigenvalue weighted by molar-refractivity contribution is -0.138. The number of aryl methyl sites for hydroxylation is 2. The summed E-state index contributed by atoms with van der Waals surface area (Å²) < 4.78 is 10.0. The molecule has 94 valence electrons. The first-order valence-electron chi connectivity index (χ1n) is 5.42. The van der Waals surface area contributed by atoms with Crippen LogP contribution in [0.25, 0.3) is 0 Å². The summed E-state index contributed by atoms with van der Waals surface area (Å²) in [4.78, 5) is 13.1. The van der Waals surface area contributed by atoms with Crippen molar-refractivity contribution < 1.29 is 14.3 Å². The van der Waals surface area contributed by atoms with Gasteiger partial charge in [-0.1, -0.05) is 6.07 Å². The van der Waals surface area contributed by atoms with Crippen molar-refractivity contribution in [1.29, 1.82) is 0 Å². The molecule has 0 N–H and O–H groups in total. The van der Waals surface area contributed by atoms with Crippen molar-refractivity contribution in [2.45, 2.75) is 13.8 Å². The second kappa shape index (κ2) is 5.57. The second-order valence-corrected chi connectivity index (χ2v) is 4.07. The van der Waals surface area contributed by atoms with Crippen molar-refractivity contribution in [3.8, 4) is 5.75 Å². The predicted molar refractivity (Wildman–Crippen MR) is 67.8 cm³/mol. The van der Waals surface area contributed by atoms with Gasteiger partial charge in [0.25, 0.3) is 0 Å².